The zero-order valence-electron chi connectivity index (χ0n) is 16.5. The maximum absolute atomic E-state index is 12.8. The molecule has 0 fully saturated rings. The minimum Gasteiger partial charge on any atom is -0.390 e. The molecule has 0 aliphatic rings. The average molecular weight is 357 g/mol. The normalized spacial score (nSPS) is 13.5. The lowest BCUT2D eigenvalue weighted by Gasteiger charge is -2.32. The summed E-state index contributed by atoms with van der Waals surface area (Å²) in [5, 5.41) is 13.1. The number of carbonyl (C=O) groups excluding carboxylic acids is 1. The molecule has 2 N–H and O–H groups in total. The van der Waals surface area contributed by atoms with Crippen LogP contribution in [0.5, 0.6) is 0 Å². The van der Waals surface area contributed by atoms with Gasteiger partial charge in [-0.05, 0) is 49.8 Å². The molecule has 1 heterocycles. The molecule has 1 amide bonds. The minimum atomic E-state index is -0.708. The number of aryl methyl sites for hydroxylation is 1. The van der Waals surface area contributed by atoms with Crippen LogP contribution in [0.25, 0.3) is 0 Å². The van der Waals surface area contributed by atoms with E-state index < -0.39 is 5.60 Å². The SMILES string of the molecule is CC(C)(O)CCc1cccc(C(=O)NC(Cn2ccnc2)C(C)(C)C)c1. The van der Waals surface area contributed by atoms with Gasteiger partial charge in [0.25, 0.3) is 5.91 Å². The molecule has 0 radical (unpaired) electrons. The Morgan fingerprint density at radius 3 is 2.58 bits per heavy atom. The molecule has 1 aromatic heterocycles. The summed E-state index contributed by atoms with van der Waals surface area (Å²) < 4.78 is 1.98. The van der Waals surface area contributed by atoms with Crippen molar-refractivity contribution in [3.05, 3.63) is 54.1 Å². The second kappa shape index (κ2) is 8.04. The number of carbonyl (C=O) groups is 1. The fourth-order valence-corrected chi connectivity index (χ4v) is 2.70. The molecule has 26 heavy (non-hydrogen) atoms. The van der Waals surface area contributed by atoms with Crippen molar-refractivity contribution in [1.82, 2.24) is 14.9 Å². The molecule has 1 atom stereocenters. The van der Waals surface area contributed by atoms with Crippen LogP contribution in [0, 0.1) is 5.41 Å². The maximum Gasteiger partial charge on any atom is 0.251 e. The average Bonchev–Trinajstić information content (AvgIpc) is 3.04. The number of aromatic nitrogens is 2. The van der Waals surface area contributed by atoms with Crippen molar-refractivity contribution in [1.29, 1.82) is 0 Å². The van der Waals surface area contributed by atoms with E-state index in [0.29, 0.717) is 18.5 Å². The number of amides is 1. The first-order valence-corrected chi connectivity index (χ1v) is 9.12. The first kappa shape index (κ1) is 20.2. The maximum atomic E-state index is 12.8. The summed E-state index contributed by atoms with van der Waals surface area (Å²) in [7, 11) is 0. The first-order valence-electron chi connectivity index (χ1n) is 9.12. The van der Waals surface area contributed by atoms with E-state index in [0.717, 1.165) is 12.0 Å². The van der Waals surface area contributed by atoms with Crippen LogP contribution >= 0.6 is 0 Å². The van der Waals surface area contributed by atoms with Gasteiger partial charge in [0.1, 0.15) is 0 Å². The van der Waals surface area contributed by atoms with Crippen molar-refractivity contribution in [2.45, 2.75) is 65.6 Å². The molecular weight excluding hydrogens is 326 g/mol. The highest BCUT2D eigenvalue weighted by Crippen LogP contribution is 2.22. The highest BCUT2D eigenvalue weighted by molar-refractivity contribution is 5.94. The largest absolute Gasteiger partial charge is 0.390 e. The molecular formula is C21H31N3O2. The van der Waals surface area contributed by atoms with Crippen LogP contribution in [-0.4, -0.2) is 32.2 Å². The summed E-state index contributed by atoms with van der Waals surface area (Å²) in [6, 6.07) is 7.62. The monoisotopic (exact) mass is 357 g/mol. The Bertz CT molecular complexity index is 710. The standard InChI is InChI=1S/C21H31N3O2/c1-20(2,3)18(14-24-12-11-22-15-24)23-19(25)17-8-6-7-16(13-17)9-10-21(4,5)26/h6-8,11-13,15,18,26H,9-10,14H2,1-5H3,(H,23,25). The van der Waals surface area contributed by atoms with Crippen LogP contribution < -0.4 is 5.32 Å². The van der Waals surface area contributed by atoms with Gasteiger partial charge < -0.3 is 15.0 Å². The highest BCUT2D eigenvalue weighted by atomic mass is 16.3. The lowest BCUT2D eigenvalue weighted by molar-refractivity contribution is 0.0714. The third-order valence-corrected chi connectivity index (χ3v) is 4.52. The Hall–Kier alpha value is -2.14. The molecule has 1 aromatic carbocycles. The number of rotatable bonds is 7. The van der Waals surface area contributed by atoms with Gasteiger partial charge in [-0.15, -0.1) is 0 Å². The topological polar surface area (TPSA) is 67.2 Å². The molecule has 0 aliphatic heterocycles. The number of hydrogen-bond acceptors (Lipinski definition) is 3. The van der Waals surface area contributed by atoms with Crippen LogP contribution in [0.2, 0.25) is 0 Å². The number of nitrogens with one attached hydrogen (secondary N) is 1. The molecule has 1 unspecified atom stereocenters. The minimum absolute atomic E-state index is 0.0239. The summed E-state index contributed by atoms with van der Waals surface area (Å²) in [6.45, 7) is 10.6. The van der Waals surface area contributed by atoms with Crippen molar-refractivity contribution in [3.63, 3.8) is 0 Å². The van der Waals surface area contributed by atoms with Gasteiger partial charge in [-0.3, -0.25) is 4.79 Å². The summed E-state index contributed by atoms with van der Waals surface area (Å²) in [6.07, 6.45) is 6.81. The Balaban J connectivity index is 2.09. The fourth-order valence-electron chi connectivity index (χ4n) is 2.70. The van der Waals surface area contributed by atoms with E-state index in [9.17, 15) is 9.90 Å². The van der Waals surface area contributed by atoms with Gasteiger partial charge in [0.05, 0.1) is 18.0 Å². The summed E-state index contributed by atoms with van der Waals surface area (Å²) in [5.74, 6) is -0.0739. The van der Waals surface area contributed by atoms with E-state index in [1.165, 1.54) is 0 Å². The van der Waals surface area contributed by atoms with Gasteiger partial charge in [0, 0.05) is 24.5 Å². The molecule has 142 valence electrons. The summed E-state index contributed by atoms with van der Waals surface area (Å²) >= 11 is 0. The van der Waals surface area contributed by atoms with E-state index in [-0.39, 0.29) is 17.4 Å². The number of aliphatic hydroxyl groups is 1. The molecule has 0 saturated carbocycles. The molecule has 5 nitrogen and oxygen atoms in total. The van der Waals surface area contributed by atoms with Gasteiger partial charge in [-0.25, -0.2) is 4.98 Å². The van der Waals surface area contributed by atoms with Crippen molar-refractivity contribution >= 4 is 5.91 Å². The molecule has 0 saturated heterocycles. The van der Waals surface area contributed by atoms with Crippen LogP contribution in [-0.2, 0) is 13.0 Å². The predicted octanol–water partition coefficient (Wildman–Crippen LogP) is 3.43. The van der Waals surface area contributed by atoms with E-state index in [1.54, 1.807) is 26.4 Å². The van der Waals surface area contributed by atoms with Gasteiger partial charge >= 0.3 is 0 Å². The quantitative estimate of drug-likeness (QED) is 0.798. The predicted molar refractivity (Wildman–Crippen MR) is 104 cm³/mol. The van der Waals surface area contributed by atoms with Gasteiger partial charge in [-0.2, -0.15) is 0 Å². The highest BCUT2D eigenvalue weighted by Gasteiger charge is 2.27. The second-order valence-corrected chi connectivity index (χ2v) is 8.66. The van der Waals surface area contributed by atoms with Gasteiger partial charge in [-0.1, -0.05) is 32.9 Å². The number of imidazole rings is 1. The summed E-state index contributed by atoms with van der Waals surface area (Å²) in [5.41, 5.74) is 0.915. The number of hydrogen-bond donors (Lipinski definition) is 2. The fraction of sp³-hybridized carbons (Fsp3) is 0.524. The Morgan fingerprint density at radius 2 is 2.00 bits per heavy atom. The van der Waals surface area contributed by atoms with E-state index in [1.807, 2.05) is 35.0 Å². The van der Waals surface area contributed by atoms with Crippen molar-refractivity contribution in [3.8, 4) is 0 Å². The second-order valence-electron chi connectivity index (χ2n) is 8.66. The Morgan fingerprint density at radius 1 is 1.27 bits per heavy atom. The molecule has 0 bridgehead atoms. The van der Waals surface area contributed by atoms with Crippen LogP contribution in [0.3, 0.4) is 0 Å². The first-order chi connectivity index (χ1) is 12.0. The van der Waals surface area contributed by atoms with E-state index in [4.69, 9.17) is 0 Å². The molecule has 2 rings (SSSR count). The Kier molecular flexibility index (Phi) is 6.24. The molecule has 5 heteroatoms. The van der Waals surface area contributed by atoms with E-state index >= 15 is 0 Å². The zero-order chi connectivity index (χ0) is 19.4. The third kappa shape index (κ3) is 6.30. The van der Waals surface area contributed by atoms with Crippen molar-refractivity contribution in [2.75, 3.05) is 0 Å². The van der Waals surface area contributed by atoms with Crippen molar-refractivity contribution in [2.24, 2.45) is 5.41 Å². The molecule has 0 spiro atoms. The molecule has 2 aromatic rings. The summed E-state index contributed by atoms with van der Waals surface area (Å²) in [4.78, 5) is 16.9. The molecule has 0 aliphatic carbocycles. The third-order valence-electron chi connectivity index (χ3n) is 4.52. The van der Waals surface area contributed by atoms with Gasteiger partial charge in [0.15, 0.2) is 0 Å². The lowest BCUT2D eigenvalue weighted by Crippen LogP contribution is -2.46. The van der Waals surface area contributed by atoms with Crippen LogP contribution in [0.1, 0.15) is 57.0 Å². The Labute approximate surface area is 156 Å². The van der Waals surface area contributed by atoms with E-state index in [2.05, 4.69) is 31.1 Å². The number of nitrogens with zero attached hydrogens (tertiary/aromatic N) is 2. The zero-order valence-corrected chi connectivity index (χ0v) is 16.5. The number of benzene rings is 1. The van der Waals surface area contributed by atoms with Gasteiger partial charge in [0.2, 0.25) is 0 Å². The smallest absolute Gasteiger partial charge is 0.251 e. The lowest BCUT2D eigenvalue weighted by atomic mass is 9.86. The van der Waals surface area contributed by atoms with Crippen LogP contribution in [0.4, 0.5) is 0 Å². The van der Waals surface area contributed by atoms with Crippen molar-refractivity contribution < 1.29 is 9.90 Å². The van der Waals surface area contributed by atoms with Crippen LogP contribution in [0.15, 0.2) is 43.0 Å².